The van der Waals surface area contributed by atoms with Gasteiger partial charge in [0.25, 0.3) is 0 Å². The number of amides is 1. The maximum Gasteiger partial charge on any atom is 0.220 e. The Morgan fingerprint density at radius 1 is 0.811 bits per heavy atom. The van der Waals surface area contributed by atoms with Gasteiger partial charge >= 0.3 is 0 Å². The molecule has 0 aromatic rings. The van der Waals surface area contributed by atoms with E-state index in [4.69, 9.17) is 9.47 Å². The SMILES string of the molecule is CCCCCCCCCCCC(O)C(COC1OC(CO)C(O)C(O)C1O)NC(=O)CCCCCCC. The van der Waals surface area contributed by atoms with Crippen LogP contribution < -0.4 is 5.32 Å². The molecule has 37 heavy (non-hydrogen) atoms. The molecule has 7 unspecified atom stereocenters. The van der Waals surface area contributed by atoms with E-state index in [0.29, 0.717) is 12.8 Å². The highest BCUT2D eigenvalue weighted by Gasteiger charge is 2.44. The highest BCUT2D eigenvalue weighted by molar-refractivity contribution is 5.76. The average Bonchev–Trinajstić information content (AvgIpc) is 2.89. The van der Waals surface area contributed by atoms with Gasteiger partial charge in [-0.1, -0.05) is 97.3 Å². The van der Waals surface area contributed by atoms with Crippen LogP contribution in [0.2, 0.25) is 0 Å². The molecule has 0 radical (unpaired) electrons. The first-order valence-corrected chi connectivity index (χ1v) is 14.7. The molecule has 1 saturated heterocycles. The number of aliphatic hydroxyl groups is 5. The lowest BCUT2D eigenvalue weighted by Gasteiger charge is -2.40. The van der Waals surface area contributed by atoms with Gasteiger partial charge in [-0.2, -0.15) is 0 Å². The van der Waals surface area contributed by atoms with Crippen molar-refractivity contribution in [2.75, 3.05) is 13.2 Å². The summed E-state index contributed by atoms with van der Waals surface area (Å²) in [6.07, 6.45) is 8.76. The van der Waals surface area contributed by atoms with E-state index in [2.05, 4.69) is 19.2 Å². The van der Waals surface area contributed by atoms with Crippen molar-refractivity contribution in [2.45, 2.75) is 159 Å². The summed E-state index contributed by atoms with van der Waals surface area (Å²) in [6.45, 7) is 3.67. The Balaban J connectivity index is 2.55. The molecule has 1 rings (SSSR count). The standard InChI is InChI=1S/C28H55NO8/c1-3-5-7-9-10-11-12-14-15-17-22(31)21(29-24(32)18-16-13-8-6-4-2)20-36-28-27(35)26(34)25(33)23(19-30)37-28/h21-23,25-28,30-31,33-35H,3-20H2,1-2H3,(H,29,32). The van der Waals surface area contributed by atoms with Crippen molar-refractivity contribution in [1.29, 1.82) is 0 Å². The van der Waals surface area contributed by atoms with Crippen LogP contribution in [0.15, 0.2) is 0 Å². The molecule has 0 aromatic heterocycles. The zero-order chi connectivity index (χ0) is 27.5. The molecule has 0 aromatic carbocycles. The van der Waals surface area contributed by atoms with E-state index >= 15 is 0 Å². The van der Waals surface area contributed by atoms with Gasteiger partial charge in [0.05, 0.1) is 25.4 Å². The lowest BCUT2D eigenvalue weighted by molar-refractivity contribution is -0.302. The summed E-state index contributed by atoms with van der Waals surface area (Å²) < 4.78 is 11.1. The number of carbonyl (C=O) groups is 1. The third-order valence-corrected chi connectivity index (χ3v) is 7.21. The summed E-state index contributed by atoms with van der Waals surface area (Å²) in [4.78, 5) is 12.6. The number of carbonyl (C=O) groups excluding carboxylic acids is 1. The molecule has 0 saturated carbocycles. The van der Waals surface area contributed by atoms with E-state index in [-0.39, 0.29) is 12.5 Å². The van der Waals surface area contributed by atoms with Crippen LogP contribution in [-0.2, 0) is 14.3 Å². The third kappa shape index (κ3) is 14.2. The van der Waals surface area contributed by atoms with E-state index in [1.807, 2.05) is 0 Å². The summed E-state index contributed by atoms with van der Waals surface area (Å²) >= 11 is 0. The smallest absolute Gasteiger partial charge is 0.220 e. The Hall–Kier alpha value is -0.810. The maximum atomic E-state index is 12.6. The van der Waals surface area contributed by atoms with Crippen molar-refractivity contribution in [3.8, 4) is 0 Å². The molecular weight excluding hydrogens is 478 g/mol. The van der Waals surface area contributed by atoms with E-state index in [0.717, 1.165) is 51.4 Å². The molecule has 1 fully saturated rings. The molecule has 1 heterocycles. The Bertz CT molecular complexity index is 564. The number of nitrogens with one attached hydrogen (secondary N) is 1. The van der Waals surface area contributed by atoms with E-state index in [1.54, 1.807) is 0 Å². The molecule has 6 N–H and O–H groups in total. The highest BCUT2D eigenvalue weighted by Crippen LogP contribution is 2.22. The van der Waals surface area contributed by atoms with Crippen molar-refractivity contribution < 1.29 is 39.8 Å². The van der Waals surface area contributed by atoms with Crippen molar-refractivity contribution in [2.24, 2.45) is 0 Å². The molecule has 0 aliphatic carbocycles. The van der Waals surface area contributed by atoms with Crippen LogP contribution in [0, 0.1) is 0 Å². The second kappa shape index (κ2) is 21.1. The first kappa shape index (κ1) is 34.2. The van der Waals surface area contributed by atoms with E-state index in [1.165, 1.54) is 38.5 Å². The molecule has 1 aliphatic heterocycles. The summed E-state index contributed by atoms with van der Waals surface area (Å²) in [7, 11) is 0. The number of hydrogen-bond acceptors (Lipinski definition) is 8. The summed E-state index contributed by atoms with van der Waals surface area (Å²) in [5, 5.41) is 53.3. The summed E-state index contributed by atoms with van der Waals surface area (Å²) in [5.41, 5.74) is 0. The van der Waals surface area contributed by atoms with Gasteiger partial charge in [-0.05, 0) is 12.8 Å². The van der Waals surface area contributed by atoms with E-state index in [9.17, 15) is 30.3 Å². The minimum Gasteiger partial charge on any atom is -0.394 e. The van der Waals surface area contributed by atoms with Crippen LogP contribution >= 0.6 is 0 Å². The van der Waals surface area contributed by atoms with Crippen LogP contribution in [0.25, 0.3) is 0 Å². The molecular formula is C28H55NO8. The molecule has 220 valence electrons. The fourth-order valence-corrected chi connectivity index (χ4v) is 4.69. The van der Waals surface area contributed by atoms with Gasteiger partial charge < -0.3 is 40.3 Å². The molecule has 1 amide bonds. The molecule has 0 bridgehead atoms. The molecule has 0 spiro atoms. The Kier molecular flexibility index (Phi) is 19.5. The number of hydrogen-bond donors (Lipinski definition) is 6. The third-order valence-electron chi connectivity index (χ3n) is 7.21. The second-order valence-corrected chi connectivity index (χ2v) is 10.6. The predicted octanol–water partition coefficient (Wildman–Crippen LogP) is 2.93. The molecule has 9 heteroatoms. The minimum absolute atomic E-state index is 0.136. The molecule has 9 nitrogen and oxygen atoms in total. The van der Waals surface area contributed by atoms with Crippen molar-refractivity contribution >= 4 is 5.91 Å². The van der Waals surface area contributed by atoms with Gasteiger partial charge in [0.1, 0.15) is 24.4 Å². The number of rotatable bonds is 22. The zero-order valence-corrected chi connectivity index (χ0v) is 23.2. The lowest BCUT2D eigenvalue weighted by atomic mass is 9.99. The normalized spacial score (nSPS) is 25.6. The lowest BCUT2D eigenvalue weighted by Crippen LogP contribution is -2.60. The fraction of sp³-hybridized carbons (Fsp3) is 0.964. The van der Waals surface area contributed by atoms with Crippen LogP contribution in [0.5, 0.6) is 0 Å². The van der Waals surface area contributed by atoms with Crippen LogP contribution in [-0.4, -0.2) is 87.5 Å². The average molecular weight is 534 g/mol. The quantitative estimate of drug-likeness (QED) is 0.116. The van der Waals surface area contributed by atoms with Gasteiger partial charge in [-0.3, -0.25) is 4.79 Å². The Morgan fingerprint density at radius 3 is 1.92 bits per heavy atom. The van der Waals surface area contributed by atoms with Gasteiger partial charge in [-0.25, -0.2) is 0 Å². The minimum atomic E-state index is -1.54. The largest absolute Gasteiger partial charge is 0.394 e. The van der Waals surface area contributed by atoms with Crippen LogP contribution in [0.1, 0.15) is 117 Å². The van der Waals surface area contributed by atoms with Gasteiger partial charge in [0.2, 0.25) is 5.91 Å². The van der Waals surface area contributed by atoms with Crippen LogP contribution in [0.3, 0.4) is 0 Å². The Morgan fingerprint density at radius 2 is 1.35 bits per heavy atom. The second-order valence-electron chi connectivity index (χ2n) is 10.6. The summed E-state index contributed by atoms with van der Waals surface area (Å²) in [5.74, 6) is -0.162. The topological polar surface area (TPSA) is 149 Å². The van der Waals surface area contributed by atoms with Gasteiger partial charge in [-0.15, -0.1) is 0 Å². The van der Waals surface area contributed by atoms with Gasteiger partial charge in [0.15, 0.2) is 6.29 Å². The molecule has 7 atom stereocenters. The highest BCUT2D eigenvalue weighted by atomic mass is 16.7. The van der Waals surface area contributed by atoms with E-state index < -0.39 is 49.5 Å². The number of aliphatic hydroxyl groups excluding tert-OH is 5. The van der Waals surface area contributed by atoms with Crippen molar-refractivity contribution in [1.82, 2.24) is 5.32 Å². The van der Waals surface area contributed by atoms with Crippen LogP contribution in [0.4, 0.5) is 0 Å². The summed E-state index contributed by atoms with van der Waals surface area (Å²) in [6, 6.07) is -0.704. The Labute approximate surface area is 223 Å². The van der Waals surface area contributed by atoms with Crippen molar-refractivity contribution in [3.63, 3.8) is 0 Å². The maximum absolute atomic E-state index is 12.6. The zero-order valence-electron chi connectivity index (χ0n) is 23.2. The predicted molar refractivity (Wildman–Crippen MR) is 143 cm³/mol. The number of unbranched alkanes of at least 4 members (excludes halogenated alkanes) is 12. The first-order valence-electron chi connectivity index (χ1n) is 14.7. The van der Waals surface area contributed by atoms with Gasteiger partial charge in [0, 0.05) is 6.42 Å². The van der Waals surface area contributed by atoms with Crippen molar-refractivity contribution in [3.05, 3.63) is 0 Å². The monoisotopic (exact) mass is 533 g/mol. The fourth-order valence-electron chi connectivity index (χ4n) is 4.69. The first-order chi connectivity index (χ1) is 17.8. The molecule has 1 aliphatic rings. The number of ether oxygens (including phenoxy) is 2.